The van der Waals surface area contributed by atoms with Crippen molar-refractivity contribution in [2.24, 2.45) is 16.7 Å². The van der Waals surface area contributed by atoms with Crippen molar-refractivity contribution in [1.29, 1.82) is 0 Å². The van der Waals surface area contributed by atoms with Crippen LogP contribution in [0.5, 0.6) is 5.75 Å². The van der Waals surface area contributed by atoms with Crippen LogP contribution in [0.1, 0.15) is 76.8 Å². The number of benzene rings is 1. The summed E-state index contributed by atoms with van der Waals surface area (Å²) in [5.74, 6) is 3.64. The molecule has 2 saturated carbocycles. The van der Waals surface area contributed by atoms with Crippen molar-refractivity contribution < 1.29 is 22.5 Å². The molecule has 1 aromatic carbocycles. The number of aryl methyl sites for hydroxylation is 2. The third-order valence-corrected chi connectivity index (χ3v) is 11.4. The minimum Gasteiger partial charge on any atom is -0.748 e. The lowest BCUT2D eigenvalue weighted by Crippen LogP contribution is -2.42. The minimum atomic E-state index is -4.33. The molecule has 0 radical (unpaired) electrons. The van der Waals surface area contributed by atoms with Crippen LogP contribution in [-0.4, -0.2) is 42.6 Å². The van der Waals surface area contributed by atoms with Crippen LogP contribution in [0.15, 0.2) is 17.0 Å². The molecule has 2 atom stereocenters. The highest BCUT2D eigenvalue weighted by Gasteiger charge is 2.64. The number of hydrogen-bond acceptors (Lipinski definition) is 5. The van der Waals surface area contributed by atoms with Crippen LogP contribution in [0.2, 0.25) is 0 Å². The molecule has 2 unspecified atom stereocenters. The Morgan fingerprint density at radius 2 is 1.76 bits per heavy atom. The maximum Gasteiger partial charge on any atom is 0.155 e. The van der Waals surface area contributed by atoms with Crippen LogP contribution in [0.4, 0.5) is 0 Å². The van der Waals surface area contributed by atoms with Crippen LogP contribution in [0, 0.1) is 30.6 Å². The van der Waals surface area contributed by atoms with Gasteiger partial charge >= 0.3 is 0 Å². The zero-order valence-corrected chi connectivity index (χ0v) is 22.5. The van der Waals surface area contributed by atoms with Crippen LogP contribution in [0.25, 0.3) is 0 Å². The molecule has 0 N–H and O–H groups in total. The summed E-state index contributed by atoms with van der Waals surface area (Å²) < 4.78 is 38.6. The largest absolute Gasteiger partial charge is 0.748 e. The van der Waals surface area contributed by atoms with Crippen LogP contribution >= 0.6 is 0 Å². The van der Waals surface area contributed by atoms with E-state index in [1.54, 1.807) is 4.90 Å². The smallest absolute Gasteiger partial charge is 0.155 e. The summed E-state index contributed by atoms with van der Waals surface area (Å²) in [6, 6.07) is 4.73. The van der Waals surface area contributed by atoms with E-state index in [1.165, 1.54) is 41.9 Å². The molecule has 1 heterocycles. The highest BCUT2D eigenvalue weighted by molar-refractivity contribution is 7.97. The summed E-state index contributed by atoms with van der Waals surface area (Å²) in [6.07, 6.45) is 7.04. The molecule has 5 nitrogen and oxygen atoms in total. The first-order chi connectivity index (χ1) is 15.4. The second-order valence-electron chi connectivity index (χ2n) is 10.6. The van der Waals surface area contributed by atoms with Gasteiger partial charge in [-0.2, -0.15) is 0 Å². The molecular formula is C26H40O5S2. The number of carbonyl (C=O) groups is 1. The Bertz CT molecular complexity index is 940. The molecule has 1 aromatic rings. The number of carbonyl (C=O) groups excluding carboxylic acids is 1. The minimum absolute atomic E-state index is 0.0248. The van der Waals surface area contributed by atoms with Crippen LogP contribution in [-0.2, 0) is 25.8 Å². The Kier molecular flexibility index (Phi) is 8.28. The zero-order chi connectivity index (χ0) is 24.4. The fourth-order valence-corrected chi connectivity index (χ4v) is 9.67. The average Bonchev–Trinajstić information content (AvgIpc) is 3.37. The van der Waals surface area contributed by atoms with Crippen LogP contribution < -0.4 is 4.74 Å². The molecule has 186 valence electrons. The SMILES string of the molecule is CC1(C)C2CCC1(CS(=O)(=O)[O-])C(=O)C2.CCCCOc1c(C)cc([S+]2CCCC2)cc1C. The van der Waals surface area contributed by atoms with Gasteiger partial charge in [0, 0.05) is 22.7 Å². The van der Waals surface area contributed by atoms with E-state index in [2.05, 4.69) is 32.9 Å². The molecule has 33 heavy (non-hydrogen) atoms. The van der Waals surface area contributed by atoms with Gasteiger partial charge in [0.25, 0.3) is 0 Å². The van der Waals surface area contributed by atoms with Gasteiger partial charge in [0.2, 0.25) is 0 Å². The highest BCUT2D eigenvalue weighted by atomic mass is 32.2. The third kappa shape index (κ3) is 5.62. The van der Waals surface area contributed by atoms with Crippen molar-refractivity contribution in [2.45, 2.75) is 84.5 Å². The maximum atomic E-state index is 11.8. The first-order valence-corrected chi connectivity index (χ1v) is 15.4. The van der Waals surface area contributed by atoms with E-state index in [1.807, 2.05) is 13.8 Å². The van der Waals surface area contributed by atoms with Gasteiger partial charge in [-0.1, -0.05) is 27.2 Å². The topological polar surface area (TPSA) is 83.5 Å². The number of ether oxygens (including phenoxy) is 1. The van der Waals surface area contributed by atoms with Crippen molar-refractivity contribution in [2.75, 3.05) is 23.9 Å². The number of ketones is 1. The summed E-state index contributed by atoms with van der Waals surface area (Å²) in [5.41, 5.74) is 1.42. The van der Waals surface area contributed by atoms with Gasteiger partial charge in [-0.3, -0.25) is 4.79 Å². The summed E-state index contributed by atoms with van der Waals surface area (Å²) in [4.78, 5) is 13.4. The van der Waals surface area contributed by atoms with Crippen molar-refractivity contribution in [1.82, 2.24) is 0 Å². The summed E-state index contributed by atoms with van der Waals surface area (Å²) in [7, 11) is -3.81. The summed E-state index contributed by atoms with van der Waals surface area (Å²) in [5, 5.41) is 0. The van der Waals surface area contributed by atoms with E-state index >= 15 is 0 Å². The Morgan fingerprint density at radius 3 is 2.21 bits per heavy atom. The van der Waals surface area contributed by atoms with Gasteiger partial charge in [-0.05, 0) is 80.5 Å². The lowest BCUT2D eigenvalue weighted by molar-refractivity contribution is -0.128. The quantitative estimate of drug-likeness (QED) is 0.295. The third-order valence-electron chi connectivity index (χ3n) is 8.11. The molecular weight excluding hydrogens is 456 g/mol. The Morgan fingerprint density at radius 1 is 1.15 bits per heavy atom. The fraction of sp³-hybridized carbons (Fsp3) is 0.731. The number of rotatable bonds is 7. The Balaban J connectivity index is 0.000000189. The summed E-state index contributed by atoms with van der Waals surface area (Å²) in [6.45, 7) is 11.3. The van der Waals surface area contributed by atoms with Gasteiger partial charge in [-0.25, -0.2) is 8.42 Å². The van der Waals surface area contributed by atoms with E-state index in [-0.39, 0.29) is 17.1 Å². The van der Waals surface area contributed by atoms with E-state index in [0.29, 0.717) is 23.7 Å². The average molecular weight is 497 g/mol. The lowest BCUT2D eigenvalue weighted by Gasteiger charge is -2.37. The van der Waals surface area contributed by atoms with E-state index in [9.17, 15) is 17.8 Å². The van der Waals surface area contributed by atoms with Gasteiger partial charge in [-0.15, -0.1) is 0 Å². The maximum absolute atomic E-state index is 11.8. The number of Topliss-reactive ketones (excluding diaryl/α,β-unsaturated/α-hetero) is 1. The molecule has 2 aliphatic carbocycles. The van der Waals surface area contributed by atoms with Gasteiger partial charge in [0.1, 0.15) is 23.0 Å². The first kappa shape index (κ1) is 26.6. The van der Waals surface area contributed by atoms with Gasteiger partial charge in [0.15, 0.2) is 4.90 Å². The second kappa shape index (κ2) is 10.3. The fourth-order valence-electron chi connectivity index (χ4n) is 5.92. The normalized spacial score (nSPS) is 26.4. The Hall–Kier alpha value is -1.05. The number of unbranched alkanes of at least 4 members (excludes halogenated alkanes) is 1. The van der Waals surface area contributed by atoms with E-state index in [4.69, 9.17) is 4.74 Å². The standard InChI is InChI=1S/C16H25OS.C10H16O4S/c1-4-5-8-17-16-13(2)11-15(12-14(16)3)18-9-6-7-10-18;1-9(2)7-3-4-10(9,8(11)5-7)6-15(12,13)14/h11-12H,4-10H2,1-3H3;7H,3-6H2,1-2H3,(H,12,13,14)/q+1;/p-1. The Labute approximate surface area is 203 Å². The van der Waals surface area contributed by atoms with Gasteiger partial charge in [0.05, 0.1) is 22.5 Å². The first-order valence-electron chi connectivity index (χ1n) is 12.3. The molecule has 3 aliphatic rings. The molecule has 0 amide bonds. The molecule has 2 bridgehead atoms. The van der Waals surface area contributed by atoms with E-state index in [0.717, 1.165) is 25.2 Å². The highest BCUT2D eigenvalue weighted by Crippen LogP contribution is 2.64. The van der Waals surface area contributed by atoms with Crippen molar-refractivity contribution in [3.63, 3.8) is 0 Å². The number of hydrogen-bond donors (Lipinski definition) is 0. The molecule has 0 spiro atoms. The second-order valence-corrected chi connectivity index (χ2v) is 14.2. The molecule has 1 saturated heterocycles. The predicted molar refractivity (Wildman–Crippen MR) is 134 cm³/mol. The van der Waals surface area contributed by atoms with Gasteiger partial charge < -0.3 is 9.29 Å². The van der Waals surface area contributed by atoms with Crippen molar-refractivity contribution >= 4 is 26.8 Å². The van der Waals surface area contributed by atoms with Crippen molar-refractivity contribution in [3.05, 3.63) is 23.3 Å². The molecule has 4 rings (SSSR count). The van der Waals surface area contributed by atoms with E-state index < -0.39 is 21.3 Å². The predicted octanol–water partition coefficient (Wildman–Crippen LogP) is 5.18. The number of fused-ring (bicyclic) bond motifs is 2. The van der Waals surface area contributed by atoms with Crippen LogP contribution in [0.3, 0.4) is 0 Å². The molecule has 0 aromatic heterocycles. The molecule has 3 fully saturated rings. The summed E-state index contributed by atoms with van der Waals surface area (Å²) >= 11 is 0. The molecule has 1 aliphatic heterocycles. The molecule has 7 heteroatoms. The van der Waals surface area contributed by atoms with Crippen molar-refractivity contribution in [3.8, 4) is 5.75 Å². The zero-order valence-electron chi connectivity index (χ0n) is 20.9. The monoisotopic (exact) mass is 496 g/mol. The lowest BCUT2D eigenvalue weighted by atomic mass is 9.70.